The van der Waals surface area contributed by atoms with Crippen LogP contribution in [0.15, 0.2) is 0 Å². The Labute approximate surface area is 122 Å². The zero-order valence-corrected chi connectivity index (χ0v) is 13.4. The molecule has 20 heavy (non-hydrogen) atoms. The first-order valence-corrected chi connectivity index (χ1v) is 7.70. The van der Waals surface area contributed by atoms with Gasteiger partial charge in [0.05, 0.1) is 18.3 Å². The summed E-state index contributed by atoms with van der Waals surface area (Å²) in [5, 5.41) is 9.28. The minimum Gasteiger partial charge on any atom is -0.394 e. The van der Waals surface area contributed by atoms with Crippen LogP contribution in [0.5, 0.6) is 0 Å². The molecule has 0 aliphatic carbocycles. The van der Waals surface area contributed by atoms with E-state index >= 15 is 0 Å². The lowest BCUT2D eigenvalue weighted by Crippen LogP contribution is -2.54. The van der Waals surface area contributed by atoms with E-state index in [1.165, 1.54) is 0 Å². The SMILES string of the molecule is CCN(CC)C(=O)CCCN1CC(CO)OC(C)(C)C1. The van der Waals surface area contributed by atoms with Crippen LogP contribution in [-0.2, 0) is 9.53 Å². The minimum absolute atomic E-state index is 0.0539. The normalized spacial score (nSPS) is 22.8. The van der Waals surface area contributed by atoms with Crippen molar-refractivity contribution in [3.63, 3.8) is 0 Å². The first-order valence-electron chi connectivity index (χ1n) is 7.70. The highest BCUT2D eigenvalue weighted by atomic mass is 16.5. The van der Waals surface area contributed by atoms with Gasteiger partial charge < -0.3 is 14.7 Å². The van der Waals surface area contributed by atoms with Crippen LogP contribution in [0.4, 0.5) is 0 Å². The summed E-state index contributed by atoms with van der Waals surface area (Å²) in [6.07, 6.45) is 1.35. The van der Waals surface area contributed by atoms with Crippen molar-refractivity contribution in [3.8, 4) is 0 Å². The smallest absolute Gasteiger partial charge is 0.222 e. The lowest BCUT2D eigenvalue weighted by molar-refractivity contribution is -0.149. The fraction of sp³-hybridized carbons (Fsp3) is 0.933. The van der Waals surface area contributed by atoms with Crippen molar-refractivity contribution >= 4 is 5.91 Å². The van der Waals surface area contributed by atoms with Gasteiger partial charge in [0.25, 0.3) is 0 Å². The number of aliphatic hydroxyl groups excluding tert-OH is 1. The number of hydrogen-bond acceptors (Lipinski definition) is 4. The predicted molar refractivity (Wildman–Crippen MR) is 79.6 cm³/mol. The van der Waals surface area contributed by atoms with E-state index in [9.17, 15) is 9.90 Å². The number of nitrogens with zero attached hydrogens (tertiary/aromatic N) is 2. The molecule has 118 valence electrons. The van der Waals surface area contributed by atoms with Gasteiger partial charge in [0.2, 0.25) is 5.91 Å². The number of morpholine rings is 1. The second-order valence-corrected chi connectivity index (χ2v) is 6.09. The Kier molecular flexibility index (Phi) is 6.92. The van der Waals surface area contributed by atoms with Crippen molar-refractivity contribution in [3.05, 3.63) is 0 Å². The van der Waals surface area contributed by atoms with E-state index in [1.54, 1.807) is 0 Å². The van der Waals surface area contributed by atoms with E-state index in [0.29, 0.717) is 6.42 Å². The molecule has 1 fully saturated rings. The highest BCUT2D eigenvalue weighted by molar-refractivity contribution is 5.76. The fourth-order valence-electron chi connectivity index (χ4n) is 2.87. The van der Waals surface area contributed by atoms with E-state index in [4.69, 9.17) is 4.74 Å². The molecule has 5 heteroatoms. The molecule has 1 aliphatic rings. The summed E-state index contributed by atoms with van der Waals surface area (Å²) in [4.78, 5) is 16.1. The molecule has 0 aromatic carbocycles. The summed E-state index contributed by atoms with van der Waals surface area (Å²) in [6.45, 7) is 12.2. The summed E-state index contributed by atoms with van der Waals surface area (Å²) >= 11 is 0. The molecule has 0 bridgehead atoms. The third-order valence-corrected chi connectivity index (χ3v) is 3.74. The first kappa shape index (κ1) is 17.4. The highest BCUT2D eigenvalue weighted by Crippen LogP contribution is 2.21. The number of amides is 1. The molecule has 1 atom stereocenters. The van der Waals surface area contributed by atoms with Crippen LogP contribution in [0.2, 0.25) is 0 Å². The monoisotopic (exact) mass is 286 g/mol. The van der Waals surface area contributed by atoms with Crippen LogP contribution in [-0.4, -0.2) is 71.8 Å². The Morgan fingerprint density at radius 2 is 2.05 bits per heavy atom. The molecule has 0 spiro atoms. The summed E-state index contributed by atoms with van der Waals surface area (Å²) in [6, 6.07) is 0. The molecule has 1 heterocycles. The standard InChI is InChI=1S/C15H30N2O3/c1-5-17(6-2)14(19)8-7-9-16-10-13(11-18)20-15(3,4)12-16/h13,18H,5-12H2,1-4H3. The molecule has 1 N–H and O–H groups in total. The molecular weight excluding hydrogens is 256 g/mol. The summed E-state index contributed by atoms with van der Waals surface area (Å²) < 4.78 is 5.79. The third kappa shape index (κ3) is 5.38. The predicted octanol–water partition coefficient (Wildman–Crippen LogP) is 1.11. The number of hydrogen-bond donors (Lipinski definition) is 1. The number of carbonyl (C=O) groups is 1. The van der Waals surface area contributed by atoms with Crippen LogP contribution >= 0.6 is 0 Å². The average molecular weight is 286 g/mol. The quantitative estimate of drug-likeness (QED) is 0.761. The van der Waals surface area contributed by atoms with Crippen LogP contribution in [0, 0.1) is 0 Å². The maximum absolute atomic E-state index is 11.9. The molecule has 1 unspecified atom stereocenters. The van der Waals surface area contributed by atoms with Crippen molar-refractivity contribution in [2.45, 2.75) is 52.2 Å². The van der Waals surface area contributed by atoms with Gasteiger partial charge in [0, 0.05) is 32.6 Å². The van der Waals surface area contributed by atoms with Crippen molar-refractivity contribution in [1.29, 1.82) is 0 Å². The molecular formula is C15H30N2O3. The second-order valence-electron chi connectivity index (χ2n) is 6.09. The summed E-state index contributed by atoms with van der Waals surface area (Å²) in [5.74, 6) is 0.237. The topological polar surface area (TPSA) is 53.0 Å². The highest BCUT2D eigenvalue weighted by Gasteiger charge is 2.32. The van der Waals surface area contributed by atoms with E-state index < -0.39 is 0 Å². The van der Waals surface area contributed by atoms with Gasteiger partial charge in [-0.3, -0.25) is 9.69 Å². The third-order valence-electron chi connectivity index (χ3n) is 3.74. The molecule has 0 aromatic heterocycles. The Bertz CT molecular complexity index is 303. The largest absolute Gasteiger partial charge is 0.394 e. The van der Waals surface area contributed by atoms with Gasteiger partial charge in [-0.1, -0.05) is 0 Å². The van der Waals surface area contributed by atoms with Crippen molar-refractivity contribution in [2.24, 2.45) is 0 Å². The zero-order valence-electron chi connectivity index (χ0n) is 13.4. The van der Waals surface area contributed by atoms with Gasteiger partial charge in [0.15, 0.2) is 0 Å². The number of carbonyl (C=O) groups excluding carboxylic acids is 1. The zero-order chi connectivity index (χ0) is 15.2. The van der Waals surface area contributed by atoms with E-state index in [1.807, 2.05) is 32.6 Å². The first-order chi connectivity index (χ1) is 9.41. The van der Waals surface area contributed by atoms with E-state index in [-0.39, 0.29) is 24.2 Å². The van der Waals surface area contributed by atoms with Gasteiger partial charge in [-0.15, -0.1) is 0 Å². The van der Waals surface area contributed by atoms with Crippen LogP contribution in [0.1, 0.15) is 40.5 Å². The second kappa shape index (κ2) is 7.96. The van der Waals surface area contributed by atoms with Gasteiger partial charge in [-0.25, -0.2) is 0 Å². The molecule has 1 amide bonds. The molecule has 1 saturated heterocycles. The molecule has 1 rings (SSSR count). The van der Waals surface area contributed by atoms with Crippen LogP contribution in [0.3, 0.4) is 0 Å². The van der Waals surface area contributed by atoms with Gasteiger partial charge >= 0.3 is 0 Å². The molecule has 0 aromatic rings. The maximum Gasteiger partial charge on any atom is 0.222 e. The lowest BCUT2D eigenvalue weighted by atomic mass is 10.0. The Hall–Kier alpha value is -0.650. The molecule has 0 saturated carbocycles. The van der Waals surface area contributed by atoms with Gasteiger partial charge in [0.1, 0.15) is 0 Å². The van der Waals surface area contributed by atoms with E-state index in [0.717, 1.165) is 39.1 Å². The summed E-state index contributed by atoms with van der Waals surface area (Å²) in [5.41, 5.74) is -0.228. The Morgan fingerprint density at radius 1 is 1.40 bits per heavy atom. The van der Waals surface area contributed by atoms with Crippen molar-refractivity contribution < 1.29 is 14.6 Å². The molecule has 1 aliphatic heterocycles. The Balaban J connectivity index is 2.35. The van der Waals surface area contributed by atoms with Crippen molar-refractivity contribution in [2.75, 3.05) is 39.3 Å². The number of rotatable bonds is 7. The lowest BCUT2D eigenvalue weighted by Gasteiger charge is -2.42. The van der Waals surface area contributed by atoms with Crippen LogP contribution in [0.25, 0.3) is 0 Å². The molecule has 5 nitrogen and oxygen atoms in total. The van der Waals surface area contributed by atoms with Gasteiger partial charge in [-0.2, -0.15) is 0 Å². The van der Waals surface area contributed by atoms with Gasteiger partial charge in [-0.05, 0) is 40.7 Å². The Morgan fingerprint density at radius 3 is 2.60 bits per heavy atom. The average Bonchev–Trinajstić information content (AvgIpc) is 2.38. The number of ether oxygens (including phenoxy) is 1. The van der Waals surface area contributed by atoms with Crippen LogP contribution < -0.4 is 0 Å². The maximum atomic E-state index is 11.9. The minimum atomic E-state index is -0.228. The molecule has 0 radical (unpaired) electrons. The van der Waals surface area contributed by atoms with E-state index in [2.05, 4.69) is 4.90 Å². The number of aliphatic hydroxyl groups is 1. The summed E-state index contributed by atoms with van der Waals surface area (Å²) in [7, 11) is 0. The van der Waals surface area contributed by atoms with Crippen molar-refractivity contribution in [1.82, 2.24) is 9.80 Å². The fourth-order valence-corrected chi connectivity index (χ4v) is 2.87.